The average Bonchev–Trinajstić information content (AvgIpc) is 2.80. The van der Waals surface area contributed by atoms with Crippen LogP contribution in [-0.4, -0.2) is 19.0 Å². The monoisotopic (exact) mass is 508 g/mol. The summed E-state index contributed by atoms with van der Waals surface area (Å²) in [5.74, 6) is -0.112. The number of hydrogen-bond donors (Lipinski definition) is 1. The summed E-state index contributed by atoms with van der Waals surface area (Å²) in [5.41, 5.74) is 5.03. The Morgan fingerprint density at radius 2 is 1.57 bits per heavy atom. The largest absolute Gasteiger partial charge is 0.469 e. The van der Waals surface area contributed by atoms with Gasteiger partial charge in [-0.05, 0) is 52.8 Å². The highest BCUT2D eigenvalue weighted by Crippen LogP contribution is 2.38. The standard InChI is InChI=1S/C28H26Cl2N2O3/c1-17(2)10-20-8-9-21(13-22(20)16-31)28-24(29)14-23(15-25(28)30)32-26(33)11-18-4-6-19(7-5-18)12-27(34)35-3/h4-9,13-15,17H,10-12H2,1-3H3,(H,32,33). The molecule has 0 heterocycles. The fraction of sp³-hybridized carbons (Fsp3) is 0.250. The summed E-state index contributed by atoms with van der Waals surface area (Å²) < 4.78 is 4.66. The van der Waals surface area contributed by atoms with Crippen molar-refractivity contribution in [3.8, 4) is 17.2 Å². The van der Waals surface area contributed by atoms with E-state index in [0.29, 0.717) is 32.8 Å². The zero-order valence-electron chi connectivity index (χ0n) is 19.8. The summed E-state index contributed by atoms with van der Waals surface area (Å²) in [6.45, 7) is 4.21. The first-order valence-corrected chi connectivity index (χ1v) is 11.9. The molecule has 0 aliphatic carbocycles. The van der Waals surface area contributed by atoms with Crippen molar-refractivity contribution in [3.05, 3.63) is 86.9 Å². The number of amides is 1. The smallest absolute Gasteiger partial charge is 0.309 e. The lowest BCUT2D eigenvalue weighted by atomic mass is 9.94. The van der Waals surface area contributed by atoms with E-state index in [1.807, 2.05) is 12.1 Å². The van der Waals surface area contributed by atoms with Crippen molar-refractivity contribution in [2.45, 2.75) is 33.1 Å². The molecule has 0 atom stereocenters. The minimum Gasteiger partial charge on any atom is -0.469 e. The molecule has 0 aromatic heterocycles. The number of nitrogens with zero attached hydrogens (tertiary/aromatic N) is 1. The zero-order chi connectivity index (χ0) is 25.5. The number of rotatable bonds is 8. The molecular weight excluding hydrogens is 483 g/mol. The molecule has 3 rings (SSSR count). The second-order valence-electron chi connectivity index (χ2n) is 8.69. The number of esters is 1. The molecule has 7 heteroatoms. The molecule has 1 amide bonds. The Labute approximate surface area is 215 Å². The Balaban J connectivity index is 1.74. The Kier molecular flexibility index (Phi) is 8.92. The van der Waals surface area contributed by atoms with E-state index in [9.17, 15) is 14.9 Å². The van der Waals surface area contributed by atoms with Gasteiger partial charge in [0.15, 0.2) is 0 Å². The molecule has 0 saturated heterocycles. The number of hydrogen-bond acceptors (Lipinski definition) is 4. The van der Waals surface area contributed by atoms with E-state index in [1.165, 1.54) is 7.11 Å². The van der Waals surface area contributed by atoms with Gasteiger partial charge in [0, 0.05) is 11.3 Å². The predicted octanol–water partition coefficient (Wildman–Crippen LogP) is 6.63. The van der Waals surface area contributed by atoms with Gasteiger partial charge in [0.05, 0.1) is 41.6 Å². The second-order valence-corrected chi connectivity index (χ2v) is 9.51. The van der Waals surface area contributed by atoms with Crippen LogP contribution in [0.25, 0.3) is 11.1 Å². The third-order valence-electron chi connectivity index (χ3n) is 5.44. The molecule has 0 aliphatic heterocycles. The number of methoxy groups -OCH3 is 1. The number of ether oxygens (including phenoxy) is 1. The van der Waals surface area contributed by atoms with Crippen LogP contribution in [0.4, 0.5) is 5.69 Å². The van der Waals surface area contributed by atoms with Crippen molar-refractivity contribution in [2.24, 2.45) is 5.92 Å². The van der Waals surface area contributed by atoms with Crippen LogP contribution in [-0.2, 0) is 33.6 Å². The number of benzene rings is 3. The van der Waals surface area contributed by atoms with Crippen molar-refractivity contribution < 1.29 is 14.3 Å². The summed E-state index contributed by atoms with van der Waals surface area (Å²) in [6, 6.07) is 18.4. The molecule has 0 fully saturated rings. The van der Waals surface area contributed by atoms with Gasteiger partial charge in [-0.2, -0.15) is 5.26 Å². The molecule has 0 spiro atoms. The summed E-state index contributed by atoms with van der Waals surface area (Å²) in [7, 11) is 1.35. The minimum atomic E-state index is -0.317. The highest BCUT2D eigenvalue weighted by atomic mass is 35.5. The molecule has 0 bridgehead atoms. The minimum absolute atomic E-state index is 0.151. The Morgan fingerprint density at radius 3 is 2.11 bits per heavy atom. The van der Waals surface area contributed by atoms with Crippen LogP contribution in [0.3, 0.4) is 0 Å². The molecular formula is C28H26Cl2N2O3. The van der Waals surface area contributed by atoms with Crippen LogP contribution in [0.5, 0.6) is 0 Å². The van der Waals surface area contributed by atoms with Gasteiger partial charge in [0.1, 0.15) is 0 Å². The molecule has 35 heavy (non-hydrogen) atoms. The van der Waals surface area contributed by atoms with E-state index >= 15 is 0 Å². The van der Waals surface area contributed by atoms with Gasteiger partial charge < -0.3 is 10.1 Å². The van der Waals surface area contributed by atoms with Crippen LogP contribution in [0.1, 0.15) is 36.1 Å². The highest BCUT2D eigenvalue weighted by molar-refractivity contribution is 6.39. The van der Waals surface area contributed by atoms with Gasteiger partial charge in [0.25, 0.3) is 0 Å². The van der Waals surface area contributed by atoms with Gasteiger partial charge in [-0.15, -0.1) is 0 Å². The van der Waals surface area contributed by atoms with E-state index < -0.39 is 0 Å². The van der Waals surface area contributed by atoms with E-state index in [1.54, 1.807) is 42.5 Å². The van der Waals surface area contributed by atoms with Crippen LogP contribution < -0.4 is 5.32 Å². The normalized spacial score (nSPS) is 10.7. The van der Waals surface area contributed by atoms with Gasteiger partial charge >= 0.3 is 5.97 Å². The van der Waals surface area contributed by atoms with Crippen LogP contribution >= 0.6 is 23.2 Å². The lowest BCUT2D eigenvalue weighted by Crippen LogP contribution is -2.14. The van der Waals surface area contributed by atoms with Crippen molar-refractivity contribution >= 4 is 40.8 Å². The van der Waals surface area contributed by atoms with Gasteiger partial charge in [-0.3, -0.25) is 9.59 Å². The molecule has 3 aromatic rings. The highest BCUT2D eigenvalue weighted by Gasteiger charge is 2.15. The molecule has 0 saturated carbocycles. The first kappa shape index (κ1) is 26.3. The molecule has 0 radical (unpaired) electrons. The number of nitriles is 1. The van der Waals surface area contributed by atoms with Gasteiger partial charge in [-0.1, -0.05) is 73.4 Å². The quantitative estimate of drug-likeness (QED) is 0.346. The number of anilines is 1. The molecule has 0 unspecified atom stereocenters. The SMILES string of the molecule is COC(=O)Cc1ccc(CC(=O)Nc2cc(Cl)c(-c3ccc(CC(C)C)c(C#N)c3)c(Cl)c2)cc1. The maximum atomic E-state index is 12.6. The number of nitrogens with one attached hydrogen (secondary N) is 1. The number of carbonyl (C=O) groups excluding carboxylic acids is 2. The molecule has 3 aromatic carbocycles. The van der Waals surface area contributed by atoms with E-state index in [4.69, 9.17) is 23.2 Å². The van der Waals surface area contributed by atoms with Crippen molar-refractivity contribution in [3.63, 3.8) is 0 Å². The molecule has 0 aliphatic rings. The predicted molar refractivity (Wildman–Crippen MR) is 140 cm³/mol. The second kappa shape index (κ2) is 11.9. The first-order chi connectivity index (χ1) is 16.7. The van der Waals surface area contributed by atoms with Gasteiger partial charge in [0.2, 0.25) is 5.91 Å². The molecule has 180 valence electrons. The Hall–Kier alpha value is -3.33. The first-order valence-electron chi connectivity index (χ1n) is 11.2. The number of halogens is 2. The maximum Gasteiger partial charge on any atom is 0.309 e. The van der Waals surface area contributed by atoms with E-state index in [2.05, 4.69) is 30.0 Å². The fourth-order valence-electron chi connectivity index (χ4n) is 3.78. The molecule has 5 nitrogen and oxygen atoms in total. The third kappa shape index (κ3) is 7.08. The van der Waals surface area contributed by atoms with Crippen molar-refractivity contribution in [1.82, 2.24) is 0 Å². The summed E-state index contributed by atoms with van der Waals surface area (Å²) in [5, 5.41) is 13.2. The van der Waals surface area contributed by atoms with Crippen LogP contribution in [0.15, 0.2) is 54.6 Å². The lowest BCUT2D eigenvalue weighted by molar-refractivity contribution is -0.139. The average molecular weight is 509 g/mol. The lowest BCUT2D eigenvalue weighted by Gasteiger charge is -2.14. The zero-order valence-corrected chi connectivity index (χ0v) is 21.3. The van der Waals surface area contributed by atoms with Crippen molar-refractivity contribution in [2.75, 3.05) is 12.4 Å². The van der Waals surface area contributed by atoms with E-state index in [0.717, 1.165) is 28.7 Å². The summed E-state index contributed by atoms with van der Waals surface area (Å²) in [4.78, 5) is 23.9. The fourth-order valence-corrected chi connectivity index (χ4v) is 4.48. The summed E-state index contributed by atoms with van der Waals surface area (Å²) in [6.07, 6.45) is 1.14. The topological polar surface area (TPSA) is 79.2 Å². The van der Waals surface area contributed by atoms with Gasteiger partial charge in [-0.25, -0.2) is 0 Å². The summed E-state index contributed by atoms with van der Waals surface area (Å²) >= 11 is 13.1. The Bertz CT molecular complexity index is 1260. The van der Waals surface area contributed by atoms with E-state index in [-0.39, 0.29) is 24.7 Å². The van der Waals surface area contributed by atoms with Crippen LogP contribution in [0.2, 0.25) is 10.0 Å². The Morgan fingerprint density at radius 1 is 0.971 bits per heavy atom. The molecule has 1 N–H and O–H groups in total. The maximum absolute atomic E-state index is 12.6. The van der Waals surface area contributed by atoms with Crippen LogP contribution in [0, 0.1) is 17.2 Å². The van der Waals surface area contributed by atoms with Crippen molar-refractivity contribution in [1.29, 1.82) is 5.26 Å². The number of carbonyl (C=O) groups is 2. The third-order valence-corrected chi connectivity index (χ3v) is 6.03.